The molecule has 31 heavy (non-hydrogen) atoms. The highest BCUT2D eigenvalue weighted by Gasteiger charge is 2.28. The second kappa shape index (κ2) is 13.3. The van der Waals surface area contributed by atoms with Crippen molar-refractivity contribution in [3.05, 3.63) is 59.1 Å². The Morgan fingerprint density at radius 3 is 2.35 bits per heavy atom. The van der Waals surface area contributed by atoms with Gasteiger partial charge in [0.15, 0.2) is 0 Å². The van der Waals surface area contributed by atoms with Gasteiger partial charge in [-0.25, -0.2) is 0 Å². The van der Waals surface area contributed by atoms with Crippen LogP contribution in [-0.2, 0) is 16.1 Å². The van der Waals surface area contributed by atoms with E-state index in [1.165, 1.54) is 11.8 Å². The number of ether oxygens (including phenoxy) is 1. The third-order valence-corrected chi connectivity index (χ3v) is 6.15. The van der Waals surface area contributed by atoms with Crippen LogP contribution in [0.4, 0.5) is 0 Å². The minimum Gasteiger partial charge on any atom is -0.497 e. The average Bonchev–Trinajstić information content (AvgIpc) is 2.79. The number of hydrogen-bond donors (Lipinski definition) is 1. The highest BCUT2D eigenvalue weighted by atomic mass is 35.5. The number of benzene rings is 2. The molecule has 0 aliphatic heterocycles. The van der Waals surface area contributed by atoms with Gasteiger partial charge in [0.05, 0.1) is 12.9 Å². The fourth-order valence-electron chi connectivity index (χ4n) is 3.11. The Balaban J connectivity index is 2.16. The number of hydrogen-bond acceptors (Lipinski definition) is 4. The minimum absolute atomic E-state index is 0.0757. The maximum atomic E-state index is 13.2. The van der Waals surface area contributed by atoms with Crippen LogP contribution in [0.2, 0.25) is 5.02 Å². The maximum Gasteiger partial charge on any atom is 0.242 e. The molecule has 0 fully saturated rings. The standard InChI is InChI=1S/C24H31ClN2O3S/c1-4-6-15-26-24(29)22(5-2)27(16-18-7-11-20(30-3)12-8-18)23(28)17-31-21-13-9-19(25)10-14-21/h7-14,22H,4-6,15-17H2,1-3H3,(H,26,29)/t22-/m0/s1. The molecule has 0 spiro atoms. The van der Waals surface area contributed by atoms with Crippen LogP contribution in [0.3, 0.4) is 0 Å². The molecular formula is C24H31ClN2O3S. The summed E-state index contributed by atoms with van der Waals surface area (Å²) >= 11 is 7.39. The number of amides is 2. The fraction of sp³-hybridized carbons (Fsp3) is 0.417. The molecular weight excluding hydrogens is 432 g/mol. The van der Waals surface area contributed by atoms with Crippen molar-refractivity contribution in [3.63, 3.8) is 0 Å². The molecule has 0 aliphatic carbocycles. The highest BCUT2D eigenvalue weighted by molar-refractivity contribution is 8.00. The van der Waals surface area contributed by atoms with Gasteiger partial charge >= 0.3 is 0 Å². The van der Waals surface area contributed by atoms with Crippen LogP contribution in [0.1, 0.15) is 38.7 Å². The van der Waals surface area contributed by atoms with Crippen LogP contribution in [0.5, 0.6) is 5.75 Å². The predicted octanol–water partition coefficient (Wildman–Crippen LogP) is 5.16. The zero-order valence-electron chi connectivity index (χ0n) is 18.4. The minimum atomic E-state index is -0.516. The van der Waals surface area contributed by atoms with Crippen LogP contribution >= 0.6 is 23.4 Å². The topological polar surface area (TPSA) is 58.6 Å². The number of nitrogens with one attached hydrogen (secondary N) is 1. The van der Waals surface area contributed by atoms with Crippen molar-refractivity contribution < 1.29 is 14.3 Å². The molecule has 2 aromatic carbocycles. The first-order valence-corrected chi connectivity index (χ1v) is 11.9. The quantitative estimate of drug-likeness (QED) is 0.349. The van der Waals surface area contributed by atoms with Crippen molar-refractivity contribution >= 4 is 35.2 Å². The van der Waals surface area contributed by atoms with E-state index < -0.39 is 6.04 Å². The Bertz CT molecular complexity index is 828. The van der Waals surface area contributed by atoms with Crippen LogP contribution in [0, 0.1) is 0 Å². The molecule has 0 unspecified atom stereocenters. The summed E-state index contributed by atoms with van der Waals surface area (Å²) in [5.41, 5.74) is 0.949. The van der Waals surface area contributed by atoms with Crippen molar-refractivity contribution in [2.75, 3.05) is 19.4 Å². The van der Waals surface area contributed by atoms with E-state index in [0.29, 0.717) is 24.5 Å². The summed E-state index contributed by atoms with van der Waals surface area (Å²) in [7, 11) is 1.62. The van der Waals surface area contributed by atoms with E-state index in [2.05, 4.69) is 12.2 Å². The van der Waals surface area contributed by atoms with Crippen molar-refractivity contribution in [1.29, 1.82) is 0 Å². The van der Waals surface area contributed by atoms with Crippen LogP contribution in [0.15, 0.2) is 53.4 Å². The molecule has 0 heterocycles. The molecule has 7 heteroatoms. The smallest absolute Gasteiger partial charge is 0.242 e. The van der Waals surface area contributed by atoms with Crippen molar-refractivity contribution in [2.24, 2.45) is 0 Å². The molecule has 0 aliphatic rings. The molecule has 0 bridgehead atoms. The Labute approximate surface area is 194 Å². The van der Waals surface area contributed by atoms with Gasteiger partial charge in [-0.1, -0.05) is 44.0 Å². The van der Waals surface area contributed by atoms with Gasteiger partial charge in [0.1, 0.15) is 11.8 Å². The van der Waals surface area contributed by atoms with Gasteiger partial charge in [-0.3, -0.25) is 9.59 Å². The van der Waals surface area contributed by atoms with Gasteiger partial charge in [-0.05, 0) is 54.8 Å². The number of thioether (sulfide) groups is 1. The first-order valence-electron chi connectivity index (χ1n) is 10.6. The predicted molar refractivity (Wildman–Crippen MR) is 128 cm³/mol. The lowest BCUT2D eigenvalue weighted by atomic mass is 10.1. The normalized spacial score (nSPS) is 11.6. The average molecular weight is 463 g/mol. The number of carbonyl (C=O) groups excluding carboxylic acids is 2. The number of unbranched alkanes of at least 4 members (excludes halogenated alkanes) is 1. The molecule has 2 rings (SSSR count). The lowest BCUT2D eigenvalue weighted by Crippen LogP contribution is -2.49. The maximum absolute atomic E-state index is 13.2. The number of carbonyl (C=O) groups is 2. The second-order valence-electron chi connectivity index (χ2n) is 7.18. The van der Waals surface area contributed by atoms with E-state index in [4.69, 9.17) is 16.3 Å². The molecule has 2 aromatic rings. The zero-order valence-corrected chi connectivity index (χ0v) is 20.0. The Morgan fingerprint density at radius 1 is 1.10 bits per heavy atom. The molecule has 0 aromatic heterocycles. The molecule has 0 saturated heterocycles. The Morgan fingerprint density at radius 2 is 1.77 bits per heavy atom. The van der Waals surface area contributed by atoms with Crippen LogP contribution < -0.4 is 10.1 Å². The SMILES string of the molecule is CCCCNC(=O)[C@H](CC)N(Cc1ccc(OC)cc1)C(=O)CSc1ccc(Cl)cc1. The monoisotopic (exact) mass is 462 g/mol. The summed E-state index contributed by atoms with van der Waals surface area (Å²) in [5, 5.41) is 3.64. The number of methoxy groups -OCH3 is 1. The largest absolute Gasteiger partial charge is 0.497 e. The van der Waals surface area contributed by atoms with Crippen molar-refractivity contribution in [1.82, 2.24) is 10.2 Å². The van der Waals surface area contributed by atoms with Gasteiger partial charge in [0.25, 0.3) is 0 Å². The van der Waals surface area contributed by atoms with Crippen molar-refractivity contribution in [3.8, 4) is 5.75 Å². The van der Waals surface area contributed by atoms with Crippen LogP contribution in [-0.4, -0.2) is 42.2 Å². The van der Waals surface area contributed by atoms with Gasteiger partial charge in [0.2, 0.25) is 11.8 Å². The first-order chi connectivity index (χ1) is 15.0. The Kier molecular flexibility index (Phi) is 10.7. The molecule has 168 valence electrons. The lowest BCUT2D eigenvalue weighted by Gasteiger charge is -2.30. The van der Waals surface area contributed by atoms with Crippen molar-refractivity contribution in [2.45, 2.75) is 50.6 Å². The summed E-state index contributed by atoms with van der Waals surface area (Å²) in [6, 6.07) is 14.5. The Hall–Kier alpha value is -2.18. The summed E-state index contributed by atoms with van der Waals surface area (Å²) < 4.78 is 5.22. The van der Waals surface area contributed by atoms with E-state index in [1.54, 1.807) is 24.1 Å². The molecule has 2 amide bonds. The van der Waals surface area contributed by atoms with Gasteiger partial charge in [-0.15, -0.1) is 11.8 Å². The highest BCUT2D eigenvalue weighted by Crippen LogP contribution is 2.22. The van der Waals surface area contributed by atoms with Gasteiger partial charge in [0, 0.05) is 23.0 Å². The van der Waals surface area contributed by atoms with E-state index in [9.17, 15) is 9.59 Å². The van der Waals surface area contributed by atoms with E-state index >= 15 is 0 Å². The van der Waals surface area contributed by atoms with Crippen LogP contribution in [0.25, 0.3) is 0 Å². The summed E-state index contributed by atoms with van der Waals surface area (Å²) in [6.45, 7) is 5.00. The number of halogens is 1. The molecule has 1 atom stereocenters. The van der Waals surface area contributed by atoms with E-state index in [0.717, 1.165) is 29.1 Å². The van der Waals surface area contributed by atoms with E-state index in [-0.39, 0.29) is 17.6 Å². The number of rotatable bonds is 12. The summed E-state index contributed by atoms with van der Waals surface area (Å²) in [4.78, 5) is 28.7. The fourth-order valence-corrected chi connectivity index (χ4v) is 4.02. The second-order valence-corrected chi connectivity index (χ2v) is 8.67. The molecule has 1 N–H and O–H groups in total. The summed E-state index contributed by atoms with van der Waals surface area (Å²) in [5.74, 6) is 0.822. The first kappa shape index (κ1) is 25.1. The number of nitrogens with zero attached hydrogens (tertiary/aromatic N) is 1. The third-order valence-electron chi connectivity index (χ3n) is 4.90. The summed E-state index contributed by atoms with van der Waals surface area (Å²) in [6.07, 6.45) is 2.47. The molecule has 0 radical (unpaired) electrons. The lowest BCUT2D eigenvalue weighted by molar-refractivity contribution is -0.139. The third kappa shape index (κ3) is 8.11. The van der Waals surface area contributed by atoms with E-state index in [1.807, 2.05) is 43.3 Å². The molecule has 0 saturated carbocycles. The zero-order chi connectivity index (χ0) is 22.6. The van der Waals surface area contributed by atoms with Gasteiger partial charge < -0.3 is 15.0 Å². The molecule has 5 nitrogen and oxygen atoms in total. The van der Waals surface area contributed by atoms with Gasteiger partial charge in [-0.2, -0.15) is 0 Å².